The number of aryl methyl sites for hydroxylation is 1. The summed E-state index contributed by atoms with van der Waals surface area (Å²) in [6, 6.07) is 11.6. The van der Waals surface area contributed by atoms with Crippen LogP contribution in [0.25, 0.3) is 0 Å². The molecule has 1 aromatic carbocycles. The SMILES string of the molecule is CCOc1ccc2c(n1)CCN(C(=O)c1ccccc1C)C2. The maximum Gasteiger partial charge on any atom is 0.254 e. The van der Waals surface area contributed by atoms with Crippen LogP contribution in [0.15, 0.2) is 36.4 Å². The van der Waals surface area contributed by atoms with Crippen LogP contribution >= 0.6 is 0 Å². The van der Waals surface area contributed by atoms with Crippen molar-refractivity contribution in [3.63, 3.8) is 0 Å². The Balaban J connectivity index is 1.80. The first kappa shape index (κ1) is 14.6. The third kappa shape index (κ3) is 2.82. The number of carbonyl (C=O) groups is 1. The first-order valence-electron chi connectivity index (χ1n) is 7.65. The van der Waals surface area contributed by atoms with Gasteiger partial charge in [-0.1, -0.05) is 24.3 Å². The molecule has 3 rings (SSSR count). The van der Waals surface area contributed by atoms with E-state index in [1.165, 1.54) is 0 Å². The van der Waals surface area contributed by atoms with Gasteiger partial charge in [0.05, 0.1) is 12.3 Å². The Morgan fingerprint density at radius 1 is 1.27 bits per heavy atom. The van der Waals surface area contributed by atoms with Crippen molar-refractivity contribution < 1.29 is 9.53 Å². The standard InChI is InChI=1S/C18H20N2O2/c1-3-22-17-9-8-14-12-20(11-10-16(14)19-17)18(21)15-7-5-4-6-13(15)2/h4-9H,3,10-12H2,1-2H3. The number of benzene rings is 1. The topological polar surface area (TPSA) is 42.4 Å². The number of aromatic nitrogens is 1. The van der Waals surface area contributed by atoms with E-state index in [9.17, 15) is 4.79 Å². The molecular formula is C18H20N2O2. The molecule has 0 bridgehead atoms. The van der Waals surface area contributed by atoms with Gasteiger partial charge in [0, 0.05) is 31.1 Å². The molecule has 4 heteroatoms. The minimum absolute atomic E-state index is 0.0950. The summed E-state index contributed by atoms with van der Waals surface area (Å²) in [7, 11) is 0. The number of fused-ring (bicyclic) bond motifs is 1. The highest BCUT2D eigenvalue weighted by molar-refractivity contribution is 5.95. The molecule has 0 spiro atoms. The van der Waals surface area contributed by atoms with E-state index in [1.54, 1.807) is 0 Å². The lowest BCUT2D eigenvalue weighted by molar-refractivity contribution is 0.0732. The maximum absolute atomic E-state index is 12.7. The van der Waals surface area contributed by atoms with Crippen molar-refractivity contribution in [3.8, 4) is 5.88 Å². The molecule has 0 radical (unpaired) electrons. The van der Waals surface area contributed by atoms with E-state index >= 15 is 0 Å². The summed E-state index contributed by atoms with van der Waals surface area (Å²) >= 11 is 0. The number of pyridine rings is 1. The lowest BCUT2D eigenvalue weighted by Gasteiger charge is -2.29. The summed E-state index contributed by atoms with van der Waals surface area (Å²) in [6.07, 6.45) is 0.772. The number of carbonyl (C=O) groups excluding carboxylic acids is 1. The number of amides is 1. The van der Waals surface area contributed by atoms with Crippen LogP contribution in [0.3, 0.4) is 0 Å². The Bertz CT molecular complexity index is 697. The Morgan fingerprint density at radius 3 is 2.86 bits per heavy atom. The first-order chi connectivity index (χ1) is 10.7. The second-order valence-corrected chi connectivity index (χ2v) is 5.48. The zero-order chi connectivity index (χ0) is 15.5. The second-order valence-electron chi connectivity index (χ2n) is 5.48. The fourth-order valence-corrected chi connectivity index (χ4v) is 2.78. The molecule has 0 unspecified atom stereocenters. The van der Waals surface area contributed by atoms with Crippen LogP contribution in [-0.2, 0) is 13.0 Å². The molecule has 0 saturated heterocycles. The first-order valence-corrected chi connectivity index (χ1v) is 7.65. The fourth-order valence-electron chi connectivity index (χ4n) is 2.78. The van der Waals surface area contributed by atoms with Crippen LogP contribution in [0.1, 0.15) is 34.1 Å². The fraction of sp³-hybridized carbons (Fsp3) is 0.333. The molecule has 114 valence electrons. The highest BCUT2D eigenvalue weighted by atomic mass is 16.5. The highest BCUT2D eigenvalue weighted by Gasteiger charge is 2.23. The largest absolute Gasteiger partial charge is 0.478 e. The number of hydrogen-bond acceptors (Lipinski definition) is 3. The molecule has 0 aliphatic carbocycles. The molecule has 1 aliphatic rings. The average molecular weight is 296 g/mol. The molecule has 0 saturated carbocycles. The number of nitrogens with zero attached hydrogens (tertiary/aromatic N) is 2. The normalized spacial score (nSPS) is 13.6. The molecule has 1 amide bonds. The smallest absolute Gasteiger partial charge is 0.254 e. The Labute approximate surface area is 130 Å². The molecule has 1 aromatic heterocycles. The van der Waals surface area contributed by atoms with Gasteiger partial charge in [-0.15, -0.1) is 0 Å². The number of ether oxygens (including phenoxy) is 1. The van der Waals surface area contributed by atoms with E-state index in [2.05, 4.69) is 4.98 Å². The van der Waals surface area contributed by atoms with Gasteiger partial charge in [-0.2, -0.15) is 0 Å². The quantitative estimate of drug-likeness (QED) is 0.874. The minimum Gasteiger partial charge on any atom is -0.478 e. The van der Waals surface area contributed by atoms with Crippen molar-refractivity contribution in [2.45, 2.75) is 26.8 Å². The van der Waals surface area contributed by atoms with Crippen molar-refractivity contribution in [2.24, 2.45) is 0 Å². The molecule has 4 nitrogen and oxygen atoms in total. The van der Waals surface area contributed by atoms with Gasteiger partial charge in [0.2, 0.25) is 5.88 Å². The molecule has 2 heterocycles. The van der Waals surface area contributed by atoms with E-state index < -0.39 is 0 Å². The zero-order valence-corrected chi connectivity index (χ0v) is 13.0. The summed E-state index contributed by atoms with van der Waals surface area (Å²) < 4.78 is 5.44. The van der Waals surface area contributed by atoms with Gasteiger partial charge in [-0.3, -0.25) is 4.79 Å². The van der Waals surface area contributed by atoms with Gasteiger partial charge in [-0.25, -0.2) is 4.98 Å². The van der Waals surface area contributed by atoms with Crippen molar-refractivity contribution >= 4 is 5.91 Å². The van der Waals surface area contributed by atoms with Gasteiger partial charge in [-0.05, 0) is 31.0 Å². The van der Waals surface area contributed by atoms with Crippen LogP contribution in [-0.4, -0.2) is 28.9 Å². The van der Waals surface area contributed by atoms with E-state index in [-0.39, 0.29) is 5.91 Å². The zero-order valence-electron chi connectivity index (χ0n) is 13.0. The Morgan fingerprint density at radius 2 is 2.09 bits per heavy atom. The second kappa shape index (κ2) is 6.18. The molecule has 22 heavy (non-hydrogen) atoms. The van der Waals surface area contributed by atoms with Gasteiger partial charge in [0.25, 0.3) is 5.91 Å². The summed E-state index contributed by atoms with van der Waals surface area (Å²) in [5.41, 5.74) is 3.95. The predicted octanol–water partition coefficient (Wildman–Crippen LogP) is 2.99. The molecule has 0 atom stereocenters. The van der Waals surface area contributed by atoms with Gasteiger partial charge in [0.15, 0.2) is 0 Å². The van der Waals surface area contributed by atoms with Crippen molar-refractivity contribution in [1.82, 2.24) is 9.88 Å². The predicted molar refractivity (Wildman–Crippen MR) is 85.0 cm³/mol. The van der Waals surface area contributed by atoms with E-state index in [1.807, 2.05) is 55.1 Å². The Hall–Kier alpha value is -2.36. The lowest BCUT2D eigenvalue weighted by Crippen LogP contribution is -2.36. The van der Waals surface area contributed by atoms with E-state index in [4.69, 9.17) is 4.74 Å². The lowest BCUT2D eigenvalue weighted by atomic mass is 10.0. The molecule has 0 fully saturated rings. The van der Waals surface area contributed by atoms with Crippen LogP contribution in [0.4, 0.5) is 0 Å². The highest BCUT2D eigenvalue weighted by Crippen LogP contribution is 2.22. The van der Waals surface area contributed by atoms with Gasteiger partial charge >= 0.3 is 0 Å². The molecule has 2 aromatic rings. The van der Waals surface area contributed by atoms with E-state index in [0.717, 1.165) is 28.8 Å². The van der Waals surface area contributed by atoms with Crippen LogP contribution in [0.5, 0.6) is 5.88 Å². The van der Waals surface area contributed by atoms with Crippen molar-refractivity contribution in [1.29, 1.82) is 0 Å². The summed E-state index contributed by atoms with van der Waals surface area (Å²) in [5.74, 6) is 0.762. The van der Waals surface area contributed by atoms with E-state index in [0.29, 0.717) is 25.6 Å². The third-order valence-corrected chi connectivity index (χ3v) is 3.98. The van der Waals surface area contributed by atoms with Crippen LogP contribution in [0.2, 0.25) is 0 Å². The van der Waals surface area contributed by atoms with Crippen LogP contribution in [0, 0.1) is 6.92 Å². The van der Waals surface area contributed by atoms with Gasteiger partial charge in [0.1, 0.15) is 0 Å². The van der Waals surface area contributed by atoms with Gasteiger partial charge < -0.3 is 9.64 Å². The average Bonchev–Trinajstić information content (AvgIpc) is 2.54. The van der Waals surface area contributed by atoms with Crippen molar-refractivity contribution in [3.05, 3.63) is 58.8 Å². The summed E-state index contributed by atoms with van der Waals surface area (Å²) in [6.45, 7) is 5.85. The summed E-state index contributed by atoms with van der Waals surface area (Å²) in [4.78, 5) is 19.1. The van der Waals surface area contributed by atoms with Crippen LogP contribution < -0.4 is 4.74 Å². The minimum atomic E-state index is 0.0950. The molecule has 1 aliphatic heterocycles. The monoisotopic (exact) mass is 296 g/mol. The molecule has 0 N–H and O–H groups in total. The number of hydrogen-bond donors (Lipinski definition) is 0. The molecular weight excluding hydrogens is 276 g/mol. The third-order valence-electron chi connectivity index (χ3n) is 3.98. The Kier molecular flexibility index (Phi) is 4.09. The summed E-state index contributed by atoms with van der Waals surface area (Å²) in [5, 5.41) is 0. The van der Waals surface area contributed by atoms with Crippen molar-refractivity contribution in [2.75, 3.05) is 13.2 Å². The number of rotatable bonds is 3. The maximum atomic E-state index is 12.7.